The average molecular weight is 356 g/mol. The first-order chi connectivity index (χ1) is 11.7. The van der Waals surface area contributed by atoms with Crippen LogP contribution < -0.4 is 0 Å². The van der Waals surface area contributed by atoms with Gasteiger partial charge in [-0.3, -0.25) is 4.79 Å². The lowest BCUT2D eigenvalue weighted by atomic mass is 10.0. The highest BCUT2D eigenvalue weighted by atomic mass is 32.1. The molecule has 1 amide bonds. The van der Waals surface area contributed by atoms with Gasteiger partial charge in [-0.15, -0.1) is 22.7 Å². The van der Waals surface area contributed by atoms with Crippen LogP contribution in [0.2, 0.25) is 0 Å². The molecule has 4 rings (SSSR count). The number of carbonyl (C=O) groups excluding carboxylic acids is 1. The molecule has 3 nitrogen and oxygen atoms in total. The van der Waals surface area contributed by atoms with E-state index >= 15 is 0 Å². The maximum atomic E-state index is 13.2. The van der Waals surface area contributed by atoms with E-state index in [2.05, 4.69) is 5.10 Å². The van der Waals surface area contributed by atoms with Gasteiger partial charge >= 0.3 is 0 Å². The molecule has 2 aromatic heterocycles. The quantitative estimate of drug-likeness (QED) is 0.654. The van der Waals surface area contributed by atoms with E-state index in [1.807, 2.05) is 29.0 Å². The van der Waals surface area contributed by atoms with Crippen LogP contribution in [-0.4, -0.2) is 16.6 Å². The van der Waals surface area contributed by atoms with Gasteiger partial charge in [0.05, 0.1) is 21.5 Å². The van der Waals surface area contributed by atoms with Crippen molar-refractivity contribution in [2.45, 2.75) is 12.5 Å². The Balaban J connectivity index is 1.72. The van der Waals surface area contributed by atoms with Crippen LogP contribution in [-0.2, 0) is 0 Å². The molecule has 120 valence electrons. The molecule has 0 spiro atoms. The molecule has 0 saturated heterocycles. The fourth-order valence-electron chi connectivity index (χ4n) is 2.75. The highest BCUT2D eigenvalue weighted by molar-refractivity contribution is 7.12. The fourth-order valence-corrected chi connectivity index (χ4v) is 4.12. The van der Waals surface area contributed by atoms with Crippen LogP contribution in [0.5, 0.6) is 0 Å². The lowest BCUT2D eigenvalue weighted by molar-refractivity contribution is 0.0716. The Kier molecular flexibility index (Phi) is 4.00. The number of rotatable bonds is 3. The van der Waals surface area contributed by atoms with Crippen molar-refractivity contribution in [1.29, 1.82) is 0 Å². The van der Waals surface area contributed by atoms with Gasteiger partial charge in [0, 0.05) is 6.42 Å². The number of benzene rings is 1. The highest BCUT2D eigenvalue weighted by Gasteiger charge is 2.34. The lowest BCUT2D eigenvalue weighted by Gasteiger charge is -2.21. The number of hydrogen-bond acceptors (Lipinski definition) is 4. The topological polar surface area (TPSA) is 32.7 Å². The second-order valence-corrected chi connectivity index (χ2v) is 7.32. The van der Waals surface area contributed by atoms with E-state index in [9.17, 15) is 9.18 Å². The van der Waals surface area contributed by atoms with E-state index in [4.69, 9.17) is 0 Å². The first-order valence-electron chi connectivity index (χ1n) is 7.46. The van der Waals surface area contributed by atoms with E-state index in [1.165, 1.54) is 28.5 Å². The normalized spacial score (nSPS) is 17.1. The molecule has 1 aliphatic heterocycles. The molecule has 0 radical (unpaired) electrons. The molecule has 24 heavy (non-hydrogen) atoms. The Morgan fingerprint density at radius 3 is 2.50 bits per heavy atom. The summed E-state index contributed by atoms with van der Waals surface area (Å²) in [5.74, 6) is -0.404. The molecular weight excluding hydrogens is 343 g/mol. The van der Waals surface area contributed by atoms with Crippen molar-refractivity contribution in [3.8, 4) is 0 Å². The first kappa shape index (κ1) is 15.2. The molecule has 3 aromatic rings. The van der Waals surface area contributed by atoms with Crippen molar-refractivity contribution in [2.24, 2.45) is 5.10 Å². The first-order valence-corrected chi connectivity index (χ1v) is 9.22. The van der Waals surface area contributed by atoms with Crippen LogP contribution in [0.4, 0.5) is 4.39 Å². The maximum Gasteiger partial charge on any atom is 0.284 e. The van der Waals surface area contributed by atoms with Gasteiger partial charge in [0.1, 0.15) is 5.82 Å². The third kappa shape index (κ3) is 2.79. The minimum absolute atomic E-state index is 0.120. The summed E-state index contributed by atoms with van der Waals surface area (Å²) in [4.78, 5) is 14.5. The van der Waals surface area contributed by atoms with Gasteiger partial charge in [0.25, 0.3) is 5.91 Å². The predicted octanol–water partition coefficient (Wildman–Crippen LogP) is 4.94. The number of amides is 1. The van der Waals surface area contributed by atoms with Gasteiger partial charge in [0.15, 0.2) is 0 Å². The molecule has 1 atom stereocenters. The van der Waals surface area contributed by atoms with E-state index < -0.39 is 0 Å². The smallest absolute Gasteiger partial charge is 0.266 e. The molecule has 0 fully saturated rings. The largest absolute Gasteiger partial charge is 0.284 e. The van der Waals surface area contributed by atoms with Gasteiger partial charge in [-0.25, -0.2) is 9.40 Å². The van der Waals surface area contributed by atoms with Crippen LogP contribution in [0.1, 0.15) is 32.6 Å². The number of halogens is 1. The molecular formula is C18H13FN2OS2. The molecule has 0 saturated carbocycles. The van der Waals surface area contributed by atoms with Gasteiger partial charge in [-0.2, -0.15) is 5.10 Å². The Morgan fingerprint density at radius 2 is 1.83 bits per heavy atom. The molecule has 1 aliphatic rings. The standard InChI is InChI=1S/C18H13FN2OS2/c19-13-7-5-12(6-8-13)15-11-14(16-3-1-9-23-16)20-21(15)18(22)17-4-2-10-24-17/h1-10,15H,11H2/t15-/m0/s1. The Hall–Kier alpha value is -2.31. The summed E-state index contributed by atoms with van der Waals surface area (Å²) < 4.78 is 13.2. The highest BCUT2D eigenvalue weighted by Crippen LogP contribution is 2.35. The number of thiophene rings is 2. The van der Waals surface area contributed by atoms with E-state index in [-0.39, 0.29) is 17.8 Å². The van der Waals surface area contributed by atoms with E-state index in [1.54, 1.807) is 29.5 Å². The van der Waals surface area contributed by atoms with Gasteiger partial charge < -0.3 is 0 Å². The van der Waals surface area contributed by atoms with E-state index in [0.717, 1.165) is 16.2 Å². The van der Waals surface area contributed by atoms with Crippen LogP contribution in [0.15, 0.2) is 64.4 Å². The lowest BCUT2D eigenvalue weighted by Crippen LogP contribution is -2.26. The van der Waals surface area contributed by atoms with Crippen LogP contribution >= 0.6 is 22.7 Å². The van der Waals surface area contributed by atoms with Crippen molar-refractivity contribution < 1.29 is 9.18 Å². The third-order valence-electron chi connectivity index (χ3n) is 3.91. The average Bonchev–Trinajstić information content (AvgIpc) is 3.34. The van der Waals surface area contributed by atoms with Crippen molar-refractivity contribution >= 4 is 34.3 Å². The Bertz CT molecular complexity index is 870. The summed E-state index contributed by atoms with van der Waals surface area (Å²) in [6, 6.07) is 13.7. The van der Waals surface area contributed by atoms with Gasteiger partial charge in [-0.05, 0) is 40.6 Å². The SMILES string of the molecule is O=C(c1cccs1)N1N=C(c2cccs2)C[C@H]1c1ccc(F)cc1. The van der Waals surface area contributed by atoms with E-state index in [0.29, 0.717) is 11.3 Å². The van der Waals surface area contributed by atoms with Crippen LogP contribution in [0, 0.1) is 5.82 Å². The summed E-state index contributed by atoms with van der Waals surface area (Å²) >= 11 is 3.00. The molecule has 3 heterocycles. The van der Waals surface area contributed by atoms with Crippen LogP contribution in [0.25, 0.3) is 0 Å². The second kappa shape index (κ2) is 6.30. The van der Waals surface area contributed by atoms with Gasteiger partial charge in [-0.1, -0.05) is 24.3 Å². The van der Waals surface area contributed by atoms with Gasteiger partial charge in [0.2, 0.25) is 0 Å². The Labute approximate surface area is 146 Å². The molecule has 0 bridgehead atoms. The van der Waals surface area contributed by atoms with Crippen molar-refractivity contribution in [3.05, 3.63) is 80.4 Å². The zero-order valence-electron chi connectivity index (χ0n) is 12.6. The fraction of sp³-hybridized carbons (Fsp3) is 0.111. The third-order valence-corrected chi connectivity index (χ3v) is 5.69. The summed E-state index contributed by atoms with van der Waals surface area (Å²) in [5.41, 5.74) is 1.78. The summed E-state index contributed by atoms with van der Waals surface area (Å²) in [6.07, 6.45) is 0.628. The molecule has 1 aromatic carbocycles. The molecule has 0 unspecified atom stereocenters. The zero-order chi connectivity index (χ0) is 16.5. The summed E-state index contributed by atoms with van der Waals surface area (Å²) in [6.45, 7) is 0. The number of carbonyl (C=O) groups is 1. The minimum Gasteiger partial charge on any atom is -0.266 e. The van der Waals surface area contributed by atoms with Crippen LogP contribution in [0.3, 0.4) is 0 Å². The zero-order valence-corrected chi connectivity index (χ0v) is 14.2. The molecule has 6 heteroatoms. The predicted molar refractivity (Wildman–Crippen MR) is 95.1 cm³/mol. The Morgan fingerprint density at radius 1 is 1.08 bits per heavy atom. The monoisotopic (exact) mass is 356 g/mol. The van der Waals surface area contributed by atoms with Crippen molar-refractivity contribution in [2.75, 3.05) is 0 Å². The summed E-state index contributed by atoms with van der Waals surface area (Å²) in [5, 5.41) is 10.00. The second-order valence-electron chi connectivity index (χ2n) is 5.42. The molecule has 0 aliphatic carbocycles. The number of hydrogen-bond donors (Lipinski definition) is 0. The number of hydrazone groups is 1. The maximum absolute atomic E-state index is 13.2. The number of nitrogens with zero attached hydrogens (tertiary/aromatic N) is 2. The molecule has 0 N–H and O–H groups in total. The summed E-state index contributed by atoms with van der Waals surface area (Å²) in [7, 11) is 0. The van der Waals surface area contributed by atoms with Crippen molar-refractivity contribution in [3.63, 3.8) is 0 Å². The van der Waals surface area contributed by atoms with Crippen molar-refractivity contribution in [1.82, 2.24) is 5.01 Å². The minimum atomic E-state index is -0.285.